The highest BCUT2D eigenvalue weighted by Crippen LogP contribution is 2.07. The summed E-state index contributed by atoms with van der Waals surface area (Å²) in [6.45, 7) is 4.14. The smallest absolute Gasteiger partial charge is 0.319 e. The standard InChI is InChI=1S/C18H22N4O2/c1-13(2)16(17(23)20-12-14-7-6-10-19-11-14)22-18(24)21-15-8-4-3-5-9-15/h3-11,13,16H,12H2,1-2H3,(H,20,23)(H2,21,22,24)/t16-/m1/s1. The molecule has 2 aromatic rings. The van der Waals surface area contributed by atoms with Crippen molar-refractivity contribution in [1.82, 2.24) is 15.6 Å². The lowest BCUT2D eigenvalue weighted by molar-refractivity contribution is -0.124. The molecule has 0 unspecified atom stereocenters. The Morgan fingerprint density at radius 3 is 2.46 bits per heavy atom. The molecule has 0 bridgehead atoms. The van der Waals surface area contributed by atoms with Crippen molar-refractivity contribution in [1.29, 1.82) is 0 Å². The first-order valence-corrected chi connectivity index (χ1v) is 7.85. The fraction of sp³-hybridized carbons (Fsp3) is 0.278. The van der Waals surface area contributed by atoms with Crippen molar-refractivity contribution in [2.45, 2.75) is 26.4 Å². The van der Waals surface area contributed by atoms with Crippen LogP contribution in [0, 0.1) is 5.92 Å². The van der Waals surface area contributed by atoms with Crippen LogP contribution in [0.3, 0.4) is 0 Å². The molecule has 0 radical (unpaired) electrons. The molecule has 3 N–H and O–H groups in total. The Bertz CT molecular complexity index is 659. The lowest BCUT2D eigenvalue weighted by Gasteiger charge is -2.22. The van der Waals surface area contributed by atoms with Crippen LogP contribution in [-0.2, 0) is 11.3 Å². The van der Waals surface area contributed by atoms with Gasteiger partial charge in [-0.3, -0.25) is 9.78 Å². The monoisotopic (exact) mass is 326 g/mol. The molecule has 0 aliphatic carbocycles. The summed E-state index contributed by atoms with van der Waals surface area (Å²) in [6, 6.07) is 11.8. The lowest BCUT2D eigenvalue weighted by atomic mass is 10.0. The number of anilines is 1. The third-order valence-corrected chi connectivity index (χ3v) is 3.46. The molecular formula is C18H22N4O2. The summed E-state index contributed by atoms with van der Waals surface area (Å²) in [5.74, 6) is -0.266. The van der Waals surface area contributed by atoms with Gasteiger partial charge in [0.25, 0.3) is 0 Å². The third-order valence-electron chi connectivity index (χ3n) is 3.46. The molecule has 6 heteroatoms. The number of pyridine rings is 1. The van der Waals surface area contributed by atoms with Crippen molar-refractivity contribution in [3.05, 3.63) is 60.4 Å². The van der Waals surface area contributed by atoms with Crippen molar-refractivity contribution in [3.8, 4) is 0 Å². The summed E-state index contributed by atoms with van der Waals surface area (Å²) in [6.07, 6.45) is 3.37. The Kier molecular flexibility index (Phi) is 6.31. The van der Waals surface area contributed by atoms with Gasteiger partial charge in [0, 0.05) is 24.6 Å². The molecule has 24 heavy (non-hydrogen) atoms. The van der Waals surface area contributed by atoms with E-state index in [9.17, 15) is 9.59 Å². The second-order valence-electron chi connectivity index (χ2n) is 5.77. The number of rotatable bonds is 6. The molecule has 0 saturated heterocycles. The zero-order chi connectivity index (χ0) is 17.4. The predicted molar refractivity (Wildman–Crippen MR) is 93.3 cm³/mol. The van der Waals surface area contributed by atoms with E-state index >= 15 is 0 Å². The number of urea groups is 1. The summed E-state index contributed by atoms with van der Waals surface area (Å²) in [5.41, 5.74) is 1.58. The number of nitrogens with zero attached hydrogens (tertiary/aromatic N) is 1. The Morgan fingerprint density at radius 2 is 1.83 bits per heavy atom. The van der Waals surface area contributed by atoms with Crippen LogP contribution in [-0.4, -0.2) is 23.0 Å². The van der Waals surface area contributed by atoms with Gasteiger partial charge in [-0.25, -0.2) is 4.79 Å². The number of carbonyl (C=O) groups excluding carboxylic acids is 2. The third kappa shape index (κ3) is 5.39. The first-order chi connectivity index (χ1) is 11.6. The molecule has 0 saturated carbocycles. The first kappa shape index (κ1) is 17.5. The van der Waals surface area contributed by atoms with Crippen molar-refractivity contribution >= 4 is 17.6 Å². The van der Waals surface area contributed by atoms with E-state index < -0.39 is 12.1 Å². The number of aromatic nitrogens is 1. The molecule has 0 aliphatic heterocycles. The second-order valence-corrected chi connectivity index (χ2v) is 5.77. The van der Waals surface area contributed by atoms with E-state index in [0.717, 1.165) is 5.56 Å². The minimum Gasteiger partial charge on any atom is -0.350 e. The molecule has 1 heterocycles. The van der Waals surface area contributed by atoms with Crippen LogP contribution < -0.4 is 16.0 Å². The molecule has 1 atom stereocenters. The summed E-state index contributed by atoms with van der Waals surface area (Å²) < 4.78 is 0. The van der Waals surface area contributed by atoms with E-state index in [4.69, 9.17) is 0 Å². The van der Waals surface area contributed by atoms with E-state index in [-0.39, 0.29) is 11.8 Å². The normalized spacial score (nSPS) is 11.6. The van der Waals surface area contributed by atoms with E-state index in [0.29, 0.717) is 12.2 Å². The molecule has 1 aromatic heterocycles. The Balaban J connectivity index is 1.90. The van der Waals surface area contributed by atoms with E-state index in [1.165, 1.54) is 0 Å². The van der Waals surface area contributed by atoms with Crippen molar-refractivity contribution < 1.29 is 9.59 Å². The number of amides is 3. The number of hydrogen-bond acceptors (Lipinski definition) is 3. The highest BCUT2D eigenvalue weighted by Gasteiger charge is 2.23. The van der Waals surface area contributed by atoms with Gasteiger partial charge in [-0.15, -0.1) is 0 Å². The maximum atomic E-state index is 12.4. The molecular weight excluding hydrogens is 304 g/mol. The average molecular weight is 326 g/mol. The first-order valence-electron chi connectivity index (χ1n) is 7.85. The molecule has 3 amide bonds. The fourth-order valence-electron chi connectivity index (χ4n) is 2.17. The van der Waals surface area contributed by atoms with Crippen LogP contribution in [0.1, 0.15) is 19.4 Å². The number of carbonyl (C=O) groups is 2. The molecule has 1 aromatic carbocycles. The van der Waals surface area contributed by atoms with E-state index in [1.54, 1.807) is 24.5 Å². The van der Waals surface area contributed by atoms with Crippen LogP contribution in [0.2, 0.25) is 0 Å². The zero-order valence-electron chi connectivity index (χ0n) is 13.8. The van der Waals surface area contributed by atoms with Gasteiger partial charge in [-0.2, -0.15) is 0 Å². The number of para-hydroxylation sites is 1. The maximum Gasteiger partial charge on any atom is 0.319 e. The van der Waals surface area contributed by atoms with Crippen LogP contribution in [0.4, 0.5) is 10.5 Å². The summed E-state index contributed by atoms with van der Waals surface area (Å²) in [4.78, 5) is 28.5. The minimum atomic E-state index is -0.620. The zero-order valence-corrected chi connectivity index (χ0v) is 13.8. The summed E-state index contributed by atoms with van der Waals surface area (Å²) >= 11 is 0. The Labute approximate surface area is 141 Å². The van der Waals surface area contributed by atoms with Gasteiger partial charge in [0.2, 0.25) is 5.91 Å². The van der Waals surface area contributed by atoms with Gasteiger partial charge < -0.3 is 16.0 Å². The SMILES string of the molecule is CC(C)[C@@H](NC(=O)Nc1ccccc1)C(=O)NCc1cccnc1. The Hall–Kier alpha value is -2.89. The highest BCUT2D eigenvalue weighted by molar-refractivity contribution is 5.93. The average Bonchev–Trinajstić information content (AvgIpc) is 2.59. The van der Waals surface area contributed by atoms with Crippen LogP contribution >= 0.6 is 0 Å². The predicted octanol–water partition coefficient (Wildman–Crippen LogP) is 2.54. The molecule has 2 rings (SSSR count). The lowest BCUT2D eigenvalue weighted by Crippen LogP contribution is -2.50. The van der Waals surface area contributed by atoms with Gasteiger partial charge in [0.15, 0.2) is 0 Å². The van der Waals surface area contributed by atoms with Crippen LogP contribution in [0.5, 0.6) is 0 Å². The molecule has 0 aliphatic rings. The van der Waals surface area contributed by atoms with Crippen LogP contribution in [0.15, 0.2) is 54.9 Å². The van der Waals surface area contributed by atoms with Crippen molar-refractivity contribution in [2.24, 2.45) is 5.92 Å². The molecule has 0 fully saturated rings. The molecule has 6 nitrogen and oxygen atoms in total. The summed E-state index contributed by atoms with van der Waals surface area (Å²) in [7, 11) is 0. The second kappa shape index (κ2) is 8.67. The van der Waals surface area contributed by atoms with Crippen molar-refractivity contribution in [2.75, 3.05) is 5.32 Å². The molecule has 126 valence electrons. The van der Waals surface area contributed by atoms with Gasteiger partial charge in [0.05, 0.1) is 0 Å². The van der Waals surface area contributed by atoms with E-state index in [1.807, 2.05) is 44.2 Å². The van der Waals surface area contributed by atoms with Gasteiger partial charge in [0.1, 0.15) is 6.04 Å². The van der Waals surface area contributed by atoms with Gasteiger partial charge in [-0.05, 0) is 29.7 Å². The maximum absolute atomic E-state index is 12.4. The van der Waals surface area contributed by atoms with Crippen molar-refractivity contribution in [3.63, 3.8) is 0 Å². The van der Waals surface area contributed by atoms with Gasteiger partial charge >= 0.3 is 6.03 Å². The largest absolute Gasteiger partial charge is 0.350 e. The number of hydrogen-bond donors (Lipinski definition) is 3. The molecule has 0 spiro atoms. The highest BCUT2D eigenvalue weighted by atomic mass is 16.2. The van der Waals surface area contributed by atoms with Gasteiger partial charge in [-0.1, -0.05) is 38.1 Å². The number of nitrogens with one attached hydrogen (secondary N) is 3. The quantitative estimate of drug-likeness (QED) is 0.763. The Morgan fingerprint density at radius 1 is 1.08 bits per heavy atom. The van der Waals surface area contributed by atoms with Crippen LogP contribution in [0.25, 0.3) is 0 Å². The number of benzene rings is 1. The van der Waals surface area contributed by atoms with E-state index in [2.05, 4.69) is 20.9 Å². The summed E-state index contributed by atoms with van der Waals surface area (Å²) in [5, 5.41) is 8.27. The fourth-order valence-corrected chi connectivity index (χ4v) is 2.17. The minimum absolute atomic E-state index is 0.0413. The topological polar surface area (TPSA) is 83.1 Å².